The highest BCUT2D eigenvalue weighted by molar-refractivity contribution is 6.02. The number of ketones is 1. The Morgan fingerprint density at radius 2 is 2.12 bits per heavy atom. The van der Waals surface area contributed by atoms with Crippen molar-refractivity contribution in [1.29, 1.82) is 0 Å². The molecule has 0 aliphatic heterocycles. The molecule has 3 nitrogen and oxygen atoms in total. The molecule has 0 spiro atoms. The smallest absolute Gasteiger partial charge is 0.430 e. The second-order valence-electron chi connectivity index (χ2n) is 2.85. The second-order valence-corrected chi connectivity index (χ2v) is 2.85. The normalized spacial score (nSPS) is 13.3. The van der Waals surface area contributed by atoms with Crippen LogP contribution in [0.5, 0.6) is 0 Å². The molecule has 0 amide bonds. The molecule has 0 fully saturated rings. The van der Waals surface area contributed by atoms with Crippen LogP contribution in [0.2, 0.25) is 0 Å². The van der Waals surface area contributed by atoms with Gasteiger partial charge in [-0.05, 0) is 24.3 Å². The molecular formula is C10H8F3NO2. The molecule has 6 heteroatoms. The van der Waals surface area contributed by atoms with Crippen LogP contribution in [0.25, 0.3) is 6.08 Å². The molecule has 0 aliphatic rings. The van der Waals surface area contributed by atoms with Gasteiger partial charge in [0.15, 0.2) is 5.78 Å². The fourth-order valence-electron chi connectivity index (χ4n) is 0.834. The third-order valence-electron chi connectivity index (χ3n) is 1.58. The Bertz CT molecular complexity index is 416. The van der Waals surface area contributed by atoms with Crippen LogP contribution in [-0.4, -0.2) is 12.0 Å². The summed E-state index contributed by atoms with van der Waals surface area (Å²) < 4.78 is 40.6. The molecule has 0 saturated carbocycles. The monoisotopic (exact) mass is 231 g/mol. The van der Waals surface area contributed by atoms with Gasteiger partial charge in [0.1, 0.15) is 11.5 Å². The number of allylic oxidation sites excluding steroid dienone is 3. The number of hydrogen-bond donors (Lipinski definition) is 1. The zero-order chi connectivity index (χ0) is 12.2. The van der Waals surface area contributed by atoms with Crippen molar-refractivity contribution in [3.8, 4) is 0 Å². The third kappa shape index (κ3) is 3.64. The van der Waals surface area contributed by atoms with E-state index in [0.29, 0.717) is 11.8 Å². The molecule has 0 bridgehead atoms. The van der Waals surface area contributed by atoms with Crippen LogP contribution in [0, 0.1) is 0 Å². The van der Waals surface area contributed by atoms with Gasteiger partial charge >= 0.3 is 6.18 Å². The van der Waals surface area contributed by atoms with Gasteiger partial charge in [0, 0.05) is 6.08 Å². The Labute approximate surface area is 89.0 Å². The number of carbonyl (C=O) groups excluding carboxylic acids is 1. The predicted molar refractivity (Wildman–Crippen MR) is 51.1 cm³/mol. The summed E-state index contributed by atoms with van der Waals surface area (Å²) in [5.41, 5.74) is 3.23. The molecular weight excluding hydrogens is 223 g/mol. The van der Waals surface area contributed by atoms with E-state index in [-0.39, 0.29) is 0 Å². The highest BCUT2D eigenvalue weighted by atomic mass is 19.4. The maximum absolute atomic E-state index is 11.9. The zero-order valence-corrected chi connectivity index (χ0v) is 7.99. The van der Waals surface area contributed by atoms with E-state index < -0.39 is 17.7 Å². The van der Waals surface area contributed by atoms with Gasteiger partial charge in [-0.3, -0.25) is 4.79 Å². The van der Waals surface area contributed by atoms with Crippen LogP contribution >= 0.6 is 0 Å². The molecule has 1 aromatic heterocycles. The van der Waals surface area contributed by atoms with Gasteiger partial charge in [-0.2, -0.15) is 13.2 Å². The average molecular weight is 231 g/mol. The quantitative estimate of drug-likeness (QED) is 0.812. The fraction of sp³-hybridized carbons (Fsp3) is 0.100. The first-order chi connectivity index (χ1) is 7.39. The molecule has 0 radical (unpaired) electrons. The molecule has 1 rings (SSSR count). The number of furan rings is 1. The molecule has 0 atom stereocenters. The molecule has 1 heterocycles. The molecule has 2 N–H and O–H groups in total. The zero-order valence-electron chi connectivity index (χ0n) is 7.99. The van der Waals surface area contributed by atoms with Crippen LogP contribution in [-0.2, 0) is 4.79 Å². The van der Waals surface area contributed by atoms with Gasteiger partial charge in [0.25, 0.3) is 0 Å². The van der Waals surface area contributed by atoms with Gasteiger partial charge in [0.2, 0.25) is 0 Å². The summed E-state index contributed by atoms with van der Waals surface area (Å²) in [5.74, 6) is -0.487. The summed E-state index contributed by atoms with van der Waals surface area (Å²) in [6.07, 6.45) is -0.794. The number of alkyl halides is 3. The van der Waals surface area contributed by atoms with E-state index in [4.69, 9.17) is 4.42 Å². The lowest BCUT2D eigenvalue weighted by Crippen LogP contribution is -2.20. The average Bonchev–Trinajstić information content (AvgIpc) is 2.65. The summed E-state index contributed by atoms with van der Waals surface area (Å²) in [4.78, 5) is 11.0. The van der Waals surface area contributed by atoms with E-state index >= 15 is 0 Å². The Hall–Kier alpha value is -1.98. The standard InChI is InChI=1S/C10H8F3NO2/c11-10(12,13)9(14)6-7(15)3-4-8-2-1-5-16-8/h1-6H,14H2/b4-3-,9-6-. The predicted octanol–water partition coefficient (Wildman–Crippen LogP) is 2.27. The summed E-state index contributed by atoms with van der Waals surface area (Å²) in [7, 11) is 0. The third-order valence-corrected chi connectivity index (χ3v) is 1.58. The van der Waals surface area contributed by atoms with Crippen molar-refractivity contribution in [3.05, 3.63) is 42.0 Å². The fourth-order valence-corrected chi connectivity index (χ4v) is 0.834. The van der Waals surface area contributed by atoms with Crippen LogP contribution in [0.4, 0.5) is 13.2 Å². The molecule has 86 valence electrons. The van der Waals surface area contributed by atoms with Gasteiger partial charge in [-0.15, -0.1) is 0 Å². The minimum Gasteiger partial charge on any atom is -0.465 e. The maximum Gasteiger partial charge on any atom is 0.430 e. The van der Waals surface area contributed by atoms with Crippen molar-refractivity contribution in [2.75, 3.05) is 0 Å². The molecule has 0 saturated heterocycles. The van der Waals surface area contributed by atoms with E-state index in [0.717, 1.165) is 6.08 Å². The topological polar surface area (TPSA) is 56.2 Å². The Kier molecular flexibility index (Phi) is 3.55. The Morgan fingerprint density at radius 3 is 2.62 bits per heavy atom. The Morgan fingerprint density at radius 1 is 1.44 bits per heavy atom. The van der Waals surface area contributed by atoms with Crippen LogP contribution in [0.1, 0.15) is 5.76 Å². The number of rotatable bonds is 3. The first-order valence-electron chi connectivity index (χ1n) is 4.19. The molecule has 0 aliphatic carbocycles. The highest BCUT2D eigenvalue weighted by Crippen LogP contribution is 2.21. The van der Waals surface area contributed by atoms with Crippen molar-refractivity contribution in [1.82, 2.24) is 0 Å². The lowest BCUT2D eigenvalue weighted by Gasteiger charge is -2.04. The van der Waals surface area contributed by atoms with Crippen molar-refractivity contribution in [2.24, 2.45) is 5.73 Å². The van der Waals surface area contributed by atoms with E-state index in [2.05, 4.69) is 5.73 Å². The molecule has 16 heavy (non-hydrogen) atoms. The minimum atomic E-state index is -4.69. The van der Waals surface area contributed by atoms with E-state index in [9.17, 15) is 18.0 Å². The number of nitrogens with two attached hydrogens (primary N) is 1. The van der Waals surface area contributed by atoms with Crippen molar-refractivity contribution < 1.29 is 22.4 Å². The molecule has 1 aromatic rings. The largest absolute Gasteiger partial charge is 0.465 e. The summed E-state index contributed by atoms with van der Waals surface area (Å²) in [6.45, 7) is 0. The highest BCUT2D eigenvalue weighted by Gasteiger charge is 2.31. The van der Waals surface area contributed by atoms with E-state index in [1.165, 1.54) is 12.3 Å². The summed E-state index contributed by atoms with van der Waals surface area (Å²) in [6, 6.07) is 3.14. The maximum atomic E-state index is 11.9. The lowest BCUT2D eigenvalue weighted by atomic mass is 10.2. The molecule has 0 unspecified atom stereocenters. The van der Waals surface area contributed by atoms with Gasteiger partial charge in [0.05, 0.1) is 6.26 Å². The van der Waals surface area contributed by atoms with Crippen molar-refractivity contribution in [3.63, 3.8) is 0 Å². The van der Waals surface area contributed by atoms with Crippen molar-refractivity contribution in [2.45, 2.75) is 6.18 Å². The summed E-state index contributed by atoms with van der Waals surface area (Å²) in [5, 5.41) is 0. The van der Waals surface area contributed by atoms with E-state index in [1.807, 2.05) is 0 Å². The van der Waals surface area contributed by atoms with Gasteiger partial charge in [-0.25, -0.2) is 0 Å². The number of halogens is 3. The first-order valence-corrected chi connectivity index (χ1v) is 4.19. The SMILES string of the molecule is N/C(=C\C(=O)/C=C\c1ccco1)C(F)(F)F. The van der Waals surface area contributed by atoms with Gasteiger partial charge < -0.3 is 10.2 Å². The Balaban J connectivity index is 2.67. The number of hydrogen-bond acceptors (Lipinski definition) is 3. The van der Waals surface area contributed by atoms with Crippen LogP contribution in [0.15, 0.2) is 40.7 Å². The lowest BCUT2D eigenvalue weighted by molar-refractivity contribution is -0.112. The van der Waals surface area contributed by atoms with Crippen LogP contribution in [0.3, 0.4) is 0 Å². The minimum absolute atomic E-state index is 0.319. The van der Waals surface area contributed by atoms with E-state index in [1.54, 1.807) is 12.1 Å². The second kappa shape index (κ2) is 4.69. The van der Waals surface area contributed by atoms with Crippen LogP contribution < -0.4 is 5.73 Å². The van der Waals surface area contributed by atoms with Gasteiger partial charge in [-0.1, -0.05) is 0 Å². The molecule has 0 aromatic carbocycles. The summed E-state index contributed by atoms with van der Waals surface area (Å²) >= 11 is 0. The first kappa shape index (κ1) is 12.1. The van der Waals surface area contributed by atoms with Crippen molar-refractivity contribution >= 4 is 11.9 Å². The number of carbonyl (C=O) groups is 1.